The van der Waals surface area contributed by atoms with Crippen molar-refractivity contribution in [3.05, 3.63) is 35.4 Å². The maximum Gasteiger partial charge on any atom is 0.162 e. The predicted octanol–water partition coefficient (Wildman–Crippen LogP) is 5.90. The Morgan fingerprint density at radius 3 is 2.10 bits per heavy atom. The van der Waals surface area contributed by atoms with E-state index < -0.39 is 0 Å². The molecule has 1 heteroatoms. The van der Waals surface area contributed by atoms with Crippen LogP contribution in [-0.2, 0) is 0 Å². The van der Waals surface area contributed by atoms with Gasteiger partial charge in [0.1, 0.15) is 0 Å². The van der Waals surface area contributed by atoms with E-state index in [9.17, 15) is 4.79 Å². The van der Waals surface area contributed by atoms with Gasteiger partial charge in [-0.2, -0.15) is 0 Å². The molecule has 0 saturated heterocycles. The van der Waals surface area contributed by atoms with Gasteiger partial charge < -0.3 is 0 Å². The van der Waals surface area contributed by atoms with Crippen LogP contribution >= 0.6 is 0 Å². The molecule has 1 radical (unpaired) electrons. The van der Waals surface area contributed by atoms with Crippen LogP contribution in [0.1, 0.15) is 87.1 Å². The number of ketones is 1. The minimum Gasteiger partial charge on any atom is -0.294 e. The number of benzene rings is 1. The van der Waals surface area contributed by atoms with Crippen molar-refractivity contribution in [1.29, 1.82) is 0 Å². The Hall–Kier alpha value is -1.11. The molecule has 1 aromatic carbocycles. The van der Waals surface area contributed by atoms with E-state index in [4.69, 9.17) is 0 Å². The fourth-order valence-corrected chi connectivity index (χ4v) is 2.42. The Labute approximate surface area is 124 Å². The molecule has 0 unspecified atom stereocenters. The zero-order valence-electron chi connectivity index (χ0n) is 13.2. The third-order valence-corrected chi connectivity index (χ3v) is 3.80. The van der Waals surface area contributed by atoms with Crippen molar-refractivity contribution in [3.8, 4) is 0 Å². The van der Waals surface area contributed by atoms with Crippen LogP contribution in [0.2, 0.25) is 0 Å². The van der Waals surface area contributed by atoms with Crippen LogP contribution in [0.15, 0.2) is 18.2 Å². The number of carbonyl (C=O) groups excluding carboxylic acids is 1. The summed E-state index contributed by atoms with van der Waals surface area (Å²) in [5.74, 6) is 0.268. The van der Waals surface area contributed by atoms with E-state index in [-0.39, 0.29) is 5.78 Å². The van der Waals surface area contributed by atoms with Gasteiger partial charge in [-0.15, -0.1) is 0 Å². The van der Waals surface area contributed by atoms with Crippen LogP contribution in [0.4, 0.5) is 0 Å². The second-order valence-corrected chi connectivity index (χ2v) is 5.76. The Kier molecular flexibility index (Phi) is 9.02. The normalized spacial score (nSPS) is 10.7. The molecule has 0 atom stereocenters. The largest absolute Gasteiger partial charge is 0.294 e. The highest BCUT2D eigenvalue weighted by Gasteiger charge is 2.04. The van der Waals surface area contributed by atoms with Crippen molar-refractivity contribution < 1.29 is 4.79 Å². The van der Waals surface area contributed by atoms with Crippen LogP contribution in [0.25, 0.3) is 0 Å². The second kappa shape index (κ2) is 10.7. The van der Waals surface area contributed by atoms with Crippen LogP contribution in [0.5, 0.6) is 0 Å². The van der Waals surface area contributed by atoms with E-state index in [1.54, 1.807) is 0 Å². The lowest BCUT2D eigenvalue weighted by Crippen LogP contribution is -1.98. The third-order valence-electron chi connectivity index (χ3n) is 3.80. The highest BCUT2D eigenvalue weighted by atomic mass is 16.1. The zero-order chi connectivity index (χ0) is 14.6. The molecular weight excluding hydrogens is 244 g/mol. The zero-order valence-corrected chi connectivity index (χ0v) is 13.2. The molecule has 1 nitrogen and oxygen atoms in total. The number of hydrogen-bond donors (Lipinski definition) is 0. The summed E-state index contributed by atoms with van der Waals surface area (Å²) < 4.78 is 0. The third kappa shape index (κ3) is 7.47. The molecule has 1 rings (SSSR count). The number of aryl methyl sites for hydroxylation is 1. The van der Waals surface area contributed by atoms with Gasteiger partial charge in [0.15, 0.2) is 5.78 Å². The average Bonchev–Trinajstić information content (AvgIpc) is 2.46. The minimum absolute atomic E-state index is 0.268. The molecular formula is C19H29O. The summed E-state index contributed by atoms with van der Waals surface area (Å²) in [4.78, 5) is 11.9. The van der Waals surface area contributed by atoms with Gasteiger partial charge in [-0.25, -0.2) is 0 Å². The highest BCUT2D eigenvalue weighted by molar-refractivity contribution is 5.95. The molecule has 0 bridgehead atoms. The Bertz CT molecular complexity index is 364. The molecule has 0 saturated carbocycles. The molecule has 0 aliphatic rings. The van der Waals surface area contributed by atoms with Crippen LogP contribution in [0.3, 0.4) is 0 Å². The molecule has 0 N–H and O–H groups in total. The highest BCUT2D eigenvalue weighted by Crippen LogP contribution is 2.12. The standard InChI is InChI=1S/C19H29O/c1-3-4-5-6-7-8-9-10-11-12-19(20)18-15-13-17(2)14-16-18/h13,15-16H,3-12H2,1-2H3. The summed E-state index contributed by atoms with van der Waals surface area (Å²) in [6.45, 7) is 4.25. The lowest BCUT2D eigenvalue weighted by atomic mass is 10.0. The van der Waals surface area contributed by atoms with E-state index in [0.717, 1.165) is 17.5 Å². The monoisotopic (exact) mass is 273 g/mol. The van der Waals surface area contributed by atoms with E-state index in [1.807, 2.05) is 25.1 Å². The van der Waals surface area contributed by atoms with Gasteiger partial charge in [-0.3, -0.25) is 4.79 Å². The van der Waals surface area contributed by atoms with Gasteiger partial charge >= 0.3 is 0 Å². The van der Waals surface area contributed by atoms with Gasteiger partial charge in [-0.1, -0.05) is 70.4 Å². The first-order chi connectivity index (χ1) is 9.74. The summed E-state index contributed by atoms with van der Waals surface area (Å²) in [5.41, 5.74) is 1.90. The Morgan fingerprint density at radius 2 is 1.55 bits per heavy atom. The molecule has 1 aromatic rings. The summed E-state index contributed by atoms with van der Waals surface area (Å²) in [6, 6.07) is 8.80. The van der Waals surface area contributed by atoms with Crippen LogP contribution < -0.4 is 0 Å². The van der Waals surface area contributed by atoms with Gasteiger partial charge in [0.05, 0.1) is 0 Å². The van der Waals surface area contributed by atoms with E-state index in [1.165, 1.54) is 51.4 Å². The van der Waals surface area contributed by atoms with E-state index in [2.05, 4.69) is 13.0 Å². The number of carbonyl (C=O) groups is 1. The average molecular weight is 273 g/mol. The van der Waals surface area contributed by atoms with Crippen molar-refractivity contribution in [3.63, 3.8) is 0 Å². The molecule has 0 aromatic heterocycles. The first-order valence-electron chi connectivity index (χ1n) is 8.25. The van der Waals surface area contributed by atoms with Crippen LogP contribution in [0, 0.1) is 13.0 Å². The lowest BCUT2D eigenvalue weighted by Gasteiger charge is -2.03. The van der Waals surface area contributed by atoms with Crippen molar-refractivity contribution in [2.75, 3.05) is 0 Å². The summed E-state index contributed by atoms with van der Waals surface area (Å²) >= 11 is 0. The fraction of sp³-hybridized carbons (Fsp3) is 0.632. The molecule has 0 spiro atoms. The van der Waals surface area contributed by atoms with Gasteiger partial charge in [-0.05, 0) is 31.0 Å². The topological polar surface area (TPSA) is 17.1 Å². The first-order valence-corrected chi connectivity index (χ1v) is 8.25. The number of hydrogen-bond acceptors (Lipinski definition) is 1. The quantitative estimate of drug-likeness (QED) is 0.362. The maximum absolute atomic E-state index is 11.9. The SMILES string of the molecule is CCCCCCCCCCCC(=O)c1c[c]c(C)cc1. The van der Waals surface area contributed by atoms with E-state index in [0.29, 0.717) is 6.42 Å². The maximum atomic E-state index is 11.9. The first kappa shape index (κ1) is 16.9. The molecule has 20 heavy (non-hydrogen) atoms. The van der Waals surface area contributed by atoms with Crippen LogP contribution in [-0.4, -0.2) is 5.78 Å². The number of unbranched alkanes of at least 4 members (excludes halogenated alkanes) is 8. The molecule has 0 fully saturated rings. The van der Waals surface area contributed by atoms with Crippen molar-refractivity contribution in [2.45, 2.75) is 78.1 Å². The van der Waals surface area contributed by atoms with Crippen molar-refractivity contribution >= 4 is 5.78 Å². The van der Waals surface area contributed by atoms with Gasteiger partial charge in [0.2, 0.25) is 0 Å². The summed E-state index contributed by atoms with van der Waals surface area (Å²) in [5, 5.41) is 0. The molecule has 0 aliphatic heterocycles. The Morgan fingerprint density at radius 1 is 0.950 bits per heavy atom. The summed E-state index contributed by atoms with van der Waals surface area (Å²) in [6.07, 6.45) is 12.3. The smallest absolute Gasteiger partial charge is 0.162 e. The Balaban J connectivity index is 2.01. The lowest BCUT2D eigenvalue weighted by molar-refractivity contribution is 0.0979. The number of Topliss-reactive ketones (excluding diaryl/α,β-unsaturated/α-hetero) is 1. The molecule has 0 heterocycles. The minimum atomic E-state index is 0.268. The predicted molar refractivity (Wildman–Crippen MR) is 86.2 cm³/mol. The van der Waals surface area contributed by atoms with E-state index >= 15 is 0 Å². The second-order valence-electron chi connectivity index (χ2n) is 5.76. The number of rotatable bonds is 11. The van der Waals surface area contributed by atoms with Gasteiger partial charge in [0, 0.05) is 12.0 Å². The molecule has 0 amide bonds. The van der Waals surface area contributed by atoms with Crippen molar-refractivity contribution in [1.82, 2.24) is 0 Å². The summed E-state index contributed by atoms with van der Waals surface area (Å²) in [7, 11) is 0. The van der Waals surface area contributed by atoms with Crippen molar-refractivity contribution in [2.24, 2.45) is 0 Å². The van der Waals surface area contributed by atoms with Gasteiger partial charge in [0.25, 0.3) is 0 Å². The fourth-order valence-electron chi connectivity index (χ4n) is 2.42. The molecule has 0 aliphatic carbocycles. The molecule has 111 valence electrons.